The molecule has 1 aliphatic carbocycles. The van der Waals surface area contributed by atoms with Gasteiger partial charge in [0.05, 0.1) is 15.7 Å². The van der Waals surface area contributed by atoms with Crippen molar-refractivity contribution in [2.45, 2.75) is 45.4 Å². The predicted molar refractivity (Wildman–Crippen MR) is 233 cm³/mol. The fraction of sp³-hybridized carbons (Fsp3) is 0.137. The molecule has 0 atom stereocenters. The minimum atomic E-state index is -0.0680. The van der Waals surface area contributed by atoms with Gasteiger partial charge in [-0.05, 0) is 111 Å². The Kier molecular flexibility index (Phi) is 7.31. The van der Waals surface area contributed by atoms with Crippen LogP contribution in [0.4, 0.5) is 17.1 Å². The number of benzene rings is 7. The van der Waals surface area contributed by atoms with Crippen LogP contribution < -0.4 is 4.90 Å². The number of nitrogens with zero attached hydrogens (tertiary/aromatic N) is 2. The first kappa shape index (κ1) is 32.7. The number of anilines is 3. The second-order valence-electron chi connectivity index (χ2n) is 16.3. The molecular weight excluding hydrogens is 673 g/mol. The number of hydrogen-bond donors (Lipinski definition) is 0. The van der Waals surface area contributed by atoms with E-state index in [1.165, 1.54) is 81.5 Å². The first-order chi connectivity index (χ1) is 26.2. The standard InChI is InChI=1S/C51H42N2S/c1-50(2,3)35-22-26-38(27-23-35)53-46-30-21-34(31-43(46)49-48(53)42-16-10-12-18-47(42)54-49)33-19-24-37(25-20-33)52(36-13-7-6-8-14-36)39-28-29-41-40-15-9-11-17-44(40)51(4,5)45(41)32-39/h6-32H,1-5H3. The number of aromatic nitrogens is 1. The summed E-state index contributed by atoms with van der Waals surface area (Å²) < 4.78 is 5.12. The van der Waals surface area contributed by atoms with Gasteiger partial charge in [-0.1, -0.05) is 132 Å². The number of para-hydroxylation sites is 1. The Morgan fingerprint density at radius 1 is 0.537 bits per heavy atom. The zero-order valence-electron chi connectivity index (χ0n) is 31.4. The van der Waals surface area contributed by atoms with Gasteiger partial charge in [0, 0.05) is 43.6 Å². The second kappa shape index (κ2) is 12.1. The molecule has 2 heterocycles. The molecule has 0 unspecified atom stereocenters. The lowest BCUT2D eigenvalue weighted by Crippen LogP contribution is -2.16. The highest BCUT2D eigenvalue weighted by Crippen LogP contribution is 2.51. The van der Waals surface area contributed by atoms with Gasteiger partial charge >= 0.3 is 0 Å². The van der Waals surface area contributed by atoms with Gasteiger partial charge in [-0.3, -0.25) is 0 Å². The van der Waals surface area contributed by atoms with E-state index in [1.54, 1.807) is 0 Å². The summed E-state index contributed by atoms with van der Waals surface area (Å²) in [6.07, 6.45) is 0. The van der Waals surface area contributed by atoms with Crippen molar-refractivity contribution in [2.75, 3.05) is 4.90 Å². The Morgan fingerprint density at radius 2 is 1.19 bits per heavy atom. The molecule has 9 aromatic rings. The van der Waals surface area contributed by atoms with E-state index in [2.05, 4.69) is 208 Å². The molecule has 0 aliphatic heterocycles. The lowest BCUT2D eigenvalue weighted by atomic mass is 9.82. The monoisotopic (exact) mass is 714 g/mol. The Hall–Kier alpha value is -5.90. The molecule has 262 valence electrons. The quantitative estimate of drug-likeness (QED) is 0.172. The first-order valence-electron chi connectivity index (χ1n) is 18.9. The van der Waals surface area contributed by atoms with E-state index >= 15 is 0 Å². The third-order valence-corrected chi connectivity index (χ3v) is 12.8. The molecule has 3 heteroatoms. The van der Waals surface area contributed by atoms with E-state index < -0.39 is 0 Å². The lowest BCUT2D eigenvalue weighted by molar-refractivity contribution is 0.590. The van der Waals surface area contributed by atoms with Gasteiger partial charge in [-0.2, -0.15) is 0 Å². The van der Waals surface area contributed by atoms with Crippen molar-refractivity contribution in [3.8, 4) is 27.9 Å². The third-order valence-electron chi connectivity index (χ3n) is 11.6. The molecule has 1 aliphatic rings. The summed E-state index contributed by atoms with van der Waals surface area (Å²) >= 11 is 1.90. The molecule has 0 bridgehead atoms. The molecule has 0 spiro atoms. The highest BCUT2D eigenvalue weighted by atomic mass is 32.1. The van der Waals surface area contributed by atoms with Crippen LogP contribution in [0.15, 0.2) is 164 Å². The van der Waals surface area contributed by atoms with Crippen molar-refractivity contribution in [1.82, 2.24) is 4.57 Å². The Labute approximate surface area is 321 Å². The van der Waals surface area contributed by atoms with E-state index in [0.29, 0.717) is 0 Å². The fourth-order valence-electron chi connectivity index (χ4n) is 8.69. The molecule has 0 amide bonds. The van der Waals surface area contributed by atoms with Crippen molar-refractivity contribution < 1.29 is 0 Å². The SMILES string of the molecule is CC(C)(C)c1ccc(-n2c3ccc(-c4ccc(N(c5ccccc5)c5ccc6c(c5)C(C)(C)c5ccccc5-6)cc4)cc3c3sc4ccccc4c32)cc1. The van der Waals surface area contributed by atoms with Crippen molar-refractivity contribution in [3.63, 3.8) is 0 Å². The van der Waals surface area contributed by atoms with E-state index in [0.717, 1.165) is 11.4 Å². The third kappa shape index (κ3) is 5.06. The van der Waals surface area contributed by atoms with Crippen LogP contribution in [-0.4, -0.2) is 4.57 Å². The van der Waals surface area contributed by atoms with E-state index in [1.807, 2.05) is 11.3 Å². The van der Waals surface area contributed by atoms with Gasteiger partial charge < -0.3 is 9.47 Å². The molecule has 2 nitrogen and oxygen atoms in total. The molecule has 0 saturated carbocycles. The molecule has 2 aromatic heterocycles. The Bertz CT molecular complexity index is 2860. The van der Waals surface area contributed by atoms with Crippen molar-refractivity contribution in [1.29, 1.82) is 0 Å². The maximum Gasteiger partial charge on any atom is 0.0727 e. The number of hydrogen-bond acceptors (Lipinski definition) is 2. The molecule has 10 rings (SSSR count). The predicted octanol–water partition coefficient (Wildman–Crippen LogP) is 14.7. The van der Waals surface area contributed by atoms with Crippen molar-refractivity contribution >= 4 is 59.6 Å². The molecular formula is C51H42N2S. The van der Waals surface area contributed by atoms with E-state index in [9.17, 15) is 0 Å². The molecule has 0 fully saturated rings. The summed E-state index contributed by atoms with van der Waals surface area (Å²) in [5, 5.41) is 2.60. The zero-order chi connectivity index (χ0) is 36.8. The average Bonchev–Trinajstić information content (AvgIpc) is 3.80. The normalized spacial score (nSPS) is 13.4. The summed E-state index contributed by atoms with van der Waals surface area (Å²) in [5.74, 6) is 0. The highest BCUT2D eigenvalue weighted by Gasteiger charge is 2.35. The maximum atomic E-state index is 2.47. The highest BCUT2D eigenvalue weighted by molar-refractivity contribution is 7.26. The summed E-state index contributed by atoms with van der Waals surface area (Å²) in [6.45, 7) is 11.5. The van der Waals surface area contributed by atoms with Crippen molar-refractivity contribution in [3.05, 3.63) is 180 Å². The van der Waals surface area contributed by atoms with Crippen LogP contribution in [0.3, 0.4) is 0 Å². The second-order valence-corrected chi connectivity index (χ2v) is 17.3. The van der Waals surface area contributed by atoms with Crippen LogP contribution in [0, 0.1) is 0 Å². The summed E-state index contributed by atoms with van der Waals surface area (Å²) in [4.78, 5) is 2.39. The Morgan fingerprint density at radius 3 is 1.96 bits per heavy atom. The summed E-state index contributed by atoms with van der Waals surface area (Å²) in [6, 6.07) is 60.7. The average molecular weight is 715 g/mol. The first-order valence-corrected chi connectivity index (χ1v) is 19.8. The fourth-order valence-corrected chi connectivity index (χ4v) is 9.90. The number of thiophene rings is 1. The minimum absolute atomic E-state index is 0.0680. The smallest absolute Gasteiger partial charge is 0.0727 e. The van der Waals surface area contributed by atoms with Crippen molar-refractivity contribution in [2.24, 2.45) is 0 Å². The molecule has 54 heavy (non-hydrogen) atoms. The summed E-state index contributed by atoms with van der Waals surface area (Å²) in [7, 11) is 0. The molecule has 0 radical (unpaired) electrons. The van der Waals surface area contributed by atoms with Gasteiger partial charge in [-0.15, -0.1) is 11.3 Å². The van der Waals surface area contributed by atoms with Gasteiger partial charge in [0.1, 0.15) is 0 Å². The molecule has 0 saturated heterocycles. The van der Waals surface area contributed by atoms with Crippen LogP contribution in [-0.2, 0) is 10.8 Å². The Balaban J connectivity index is 1.07. The summed E-state index contributed by atoms with van der Waals surface area (Å²) in [5.41, 5.74) is 16.4. The van der Waals surface area contributed by atoms with Crippen LogP contribution in [0.25, 0.3) is 59.1 Å². The van der Waals surface area contributed by atoms with Crippen LogP contribution in [0.5, 0.6) is 0 Å². The lowest BCUT2D eigenvalue weighted by Gasteiger charge is -2.28. The van der Waals surface area contributed by atoms with E-state index in [-0.39, 0.29) is 10.8 Å². The van der Waals surface area contributed by atoms with Gasteiger partial charge in [-0.25, -0.2) is 0 Å². The van der Waals surface area contributed by atoms with Crippen LogP contribution in [0.2, 0.25) is 0 Å². The van der Waals surface area contributed by atoms with E-state index in [4.69, 9.17) is 0 Å². The maximum absolute atomic E-state index is 2.47. The van der Waals surface area contributed by atoms with Crippen LogP contribution in [0.1, 0.15) is 51.3 Å². The van der Waals surface area contributed by atoms with Gasteiger partial charge in [0.15, 0.2) is 0 Å². The minimum Gasteiger partial charge on any atom is -0.310 e. The van der Waals surface area contributed by atoms with Crippen LogP contribution >= 0.6 is 11.3 Å². The van der Waals surface area contributed by atoms with Gasteiger partial charge in [0.25, 0.3) is 0 Å². The largest absolute Gasteiger partial charge is 0.310 e. The zero-order valence-corrected chi connectivity index (χ0v) is 32.2. The molecule has 7 aromatic carbocycles. The number of rotatable bonds is 5. The molecule has 0 N–H and O–H groups in total. The van der Waals surface area contributed by atoms with Gasteiger partial charge in [0.2, 0.25) is 0 Å². The topological polar surface area (TPSA) is 8.17 Å². The number of fused-ring (bicyclic) bond motifs is 8.